The van der Waals surface area contributed by atoms with Crippen LogP contribution in [0.4, 0.5) is 0 Å². The number of hydrogen-bond donors (Lipinski definition) is 1. The van der Waals surface area contributed by atoms with Crippen molar-refractivity contribution in [1.29, 1.82) is 0 Å². The fourth-order valence-electron chi connectivity index (χ4n) is 2.97. The van der Waals surface area contributed by atoms with E-state index >= 15 is 0 Å². The minimum absolute atomic E-state index is 0.587. The first kappa shape index (κ1) is 13.6. The van der Waals surface area contributed by atoms with Gasteiger partial charge in [-0.15, -0.1) is 0 Å². The topological polar surface area (TPSA) is 12.0 Å². The zero-order valence-electron chi connectivity index (χ0n) is 12.2. The lowest BCUT2D eigenvalue weighted by Crippen LogP contribution is -2.47. The molecule has 0 aliphatic heterocycles. The molecule has 1 aliphatic rings. The van der Waals surface area contributed by atoms with Crippen molar-refractivity contribution < 1.29 is 0 Å². The van der Waals surface area contributed by atoms with Gasteiger partial charge in [0, 0.05) is 12.1 Å². The first-order valence-corrected chi connectivity index (χ1v) is 7.36. The van der Waals surface area contributed by atoms with Gasteiger partial charge in [-0.25, -0.2) is 0 Å². The van der Waals surface area contributed by atoms with Gasteiger partial charge in [0.25, 0.3) is 0 Å². The van der Waals surface area contributed by atoms with Crippen LogP contribution in [0.5, 0.6) is 0 Å². The standard InChI is InChI=1S/C17H27N/c1-12(2)16-10-17(11-16)18-14(4)9-15-8-6-5-7-13(15)3/h5-8,12,14,16-18H,9-11H2,1-4H3. The molecule has 0 amide bonds. The SMILES string of the molecule is Cc1ccccc1CC(C)NC1CC(C(C)C)C1. The van der Waals surface area contributed by atoms with Crippen molar-refractivity contribution in [3.05, 3.63) is 35.4 Å². The highest BCUT2D eigenvalue weighted by molar-refractivity contribution is 5.26. The Balaban J connectivity index is 1.77. The van der Waals surface area contributed by atoms with E-state index < -0.39 is 0 Å². The van der Waals surface area contributed by atoms with Crippen molar-refractivity contribution in [3.8, 4) is 0 Å². The summed E-state index contributed by atoms with van der Waals surface area (Å²) in [6.45, 7) is 9.21. The van der Waals surface area contributed by atoms with Crippen molar-refractivity contribution in [3.63, 3.8) is 0 Å². The number of aryl methyl sites for hydroxylation is 1. The van der Waals surface area contributed by atoms with E-state index in [1.54, 1.807) is 0 Å². The Labute approximate surface area is 112 Å². The fourth-order valence-corrected chi connectivity index (χ4v) is 2.97. The minimum atomic E-state index is 0.587. The van der Waals surface area contributed by atoms with Crippen LogP contribution in [0.2, 0.25) is 0 Å². The molecular formula is C17H27N. The lowest BCUT2D eigenvalue weighted by molar-refractivity contribution is 0.159. The summed E-state index contributed by atoms with van der Waals surface area (Å²) in [6.07, 6.45) is 3.89. The number of benzene rings is 1. The Kier molecular flexibility index (Phi) is 4.45. The van der Waals surface area contributed by atoms with Crippen LogP contribution in [0, 0.1) is 18.8 Å². The average molecular weight is 245 g/mol. The van der Waals surface area contributed by atoms with Crippen LogP contribution in [-0.4, -0.2) is 12.1 Å². The van der Waals surface area contributed by atoms with Gasteiger partial charge in [0.05, 0.1) is 0 Å². The van der Waals surface area contributed by atoms with E-state index in [0.29, 0.717) is 6.04 Å². The van der Waals surface area contributed by atoms with Crippen LogP contribution >= 0.6 is 0 Å². The summed E-state index contributed by atoms with van der Waals surface area (Å²) in [5.74, 6) is 1.81. The van der Waals surface area contributed by atoms with Crippen molar-refractivity contribution in [2.45, 2.75) is 59.0 Å². The summed E-state index contributed by atoms with van der Waals surface area (Å²) in [5, 5.41) is 3.78. The van der Waals surface area contributed by atoms with E-state index in [1.165, 1.54) is 24.0 Å². The highest BCUT2D eigenvalue weighted by Crippen LogP contribution is 2.33. The monoisotopic (exact) mass is 245 g/mol. The second-order valence-corrected chi connectivity index (χ2v) is 6.37. The molecule has 1 heteroatoms. The van der Waals surface area contributed by atoms with E-state index in [1.807, 2.05) is 0 Å². The molecule has 1 atom stereocenters. The summed E-state index contributed by atoms with van der Waals surface area (Å²) in [6, 6.07) is 10.1. The van der Waals surface area contributed by atoms with Crippen molar-refractivity contribution in [2.75, 3.05) is 0 Å². The quantitative estimate of drug-likeness (QED) is 0.828. The average Bonchev–Trinajstić information content (AvgIpc) is 2.25. The lowest BCUT2D eigenvalue weighted by atomic mass is 9.73. The van der Waals surface area contributed by atoms with E-state index in [2.05, 4.69) is 57.3 Å². The summed E-state index contributed by atoms with van der Waals surface area (Å²) < 4.78 is 0. The molecule has 0 radical (unpaired) electrons. The summed E-state index contributed by atoms with van der Waals surface area (Å²) in [4.78, 5) is 0. The lowest BCUT2D eigenvalue weighted by Gasteiger charge is -2.40. The Morgan fingerprint density at radius 3 is 2.44 bits per heavy atom. The van der Waals surface area contributed by atoms with E-state index in [0.717, 1.165) is 24.3 Å². The van der Waals surface area contributed by atoms with Gasteiger partial charge in [-0.1, -0.05) is 38.1 Å². The molecule has 0 spiro atoms. The normalized spacial score (nSPS) is 24.9. The molecule has 2 rings (SSSR count). The van der Waals surface area contributed by atoms with Gasteiger partial charge >= 0.3 is 0 Å². The van der Waals surface area contributed by atoms with Gasteiger partial charge in [0.15, 0.2) is 0 Å². The van der Waals surface area contributed by atoms with E-state index in [-0.39, 0.29) is 0 Å². The van der Waals surface area contributed by atoms with E-state index in [9.17, 15) is 0 Å². The number of nitrogens with one attached hydrogen (secondary N) is 1. The molecule has 1 aromatic rings. The molecule has 1 unspecified atom stereocenters. The molecular weight excluding hydrogens is 218 g/mol. The Bertz CT molecular complexity index is 377. The minimum Gasteiger partial charge on any atom is -0.311 e. The van der Waals surface area contributed by atoms with Gasteiger partial charge in [0.2, 0.25) is 0 Å². The highest BCUT2D eigenvalue weighted by Gasteiger charge is 2.31. The molecule has 1 aliphatic carbocycles. The molecule has 1 nitrogen and oxygen atoms in total. The predicted molar refractivity (Wildman–Crippen MR) is 78.8 cm³/mol. The van der Waals surface area contributed by atoms with Crippen LogP contribution in [0.1, 0.15) is 44.7 Å². The van der Waals surface area contributed by atoms with Gasteiger partial charge < -0.3 is 5.32 Å². The van der Waals surface area contributed by atoms with Crippen LogP contribution in [0.15, 0.2) is 24.3 Å². The largest absolute Gasteiger partial charge is 0.311 e. The summed E-state index contributed by atoms with van der Waals surface area (Å²) in [5.41, 5.74) is 2.90. The molecule has 1 N–H and O–H groups in total. The molecule has 1 aromatic carbocycles. The molecule has 18 heavy (non-hydrogen) atoms. The predicted octanol–water partition coefficient (Wildman–Crippen LogP) is 3.95. The fraction of sp³-hybridized carbons (Fsp3) is 0.647. The maximum Gasteiger partial charge on any atom is 0.00818 e. The number of rotatable bonds is 5. The van der Waals surface area contributed by atoms with Crippen molar-refractivity contribution in [1.82, 2.24) is 5.32 Å². The van der Waals surface area contributed by atoms with E-state index in [4.69, 9.17) is 0 Å². The zero-order valence-corrected chi connectivity index (χ0v) is 12.2. The number of hydrogen-bond acceptors (Lipinski definition) is 1. The molecule has 1 saturated carbocycles. The third-order valence-electron chi connectivity index (χ3n) is 4.42. The molecule has 0 heterocycles. The van der Waals surface area contributed by atoms with Crippen LogP contribution in [-0.2, 0) is 6.42 Å². The van der Waals surface area contributed by atoms with Gasteiger partial charge in [-0.2, -0.15) is 0 Å². The molecule has 0 aromatic heterocycles. The molecule has 0 bridgehead atoms. The maximum atomic E-state index is 3.78. The Hall–Kier alpha value is -0.820. The van der Waals surface area contributed by atoms with Crippen molar-refractivity contribution >= 4 is 0 Å². The van der Waals surface area contributed by atoms with Gasteiger partial charge in [-0.05, 0) is 56.1 Å². The zero-order chi connectivity index (χ0) is 13.1. The highest BCUT2D eigenvalue weighted by atomic mass is 15.0. The molecule has 0 saturated heterocycles. The van der Waals surface area contributed by atoms with Crippen LogP contribution in [0.25, 0.3) is 0 Å². The van der Waals surface area contributed by atoms with Gasteiger partial charge in [0.1, 0.15) is 0 Å². The third kappa shape index (κ3) is 3.35. The summed E-state index contributed by atoms with van der Waals surface area (Å²) >= 11 is 0. The van der Waals surface area contributed by atoms with Gasteiger partial charge in [-0.3, -0.25) is 0 Å². The maximum absolute atomic E-state index is 3.78. The second-order valence-electron chi connectivity index (χ2n) is 6.37. The van der Waals surface area contributed by atoms with Crippen LogP contribution in [0.3, 0.4) is 0 Å². The third-order valence-corrected chi connectivity index (χ3v) is 4.42. The van der Waals surface area contributed by atoms with Crippen LogP contribution < -0.4 is 5.32 Å². The summed E-state index contributed by atoms with van der Waals surface area (Å²) in [7, 11) is 0. The molecule has 100 valence electrons. The smallest absolute Gasteiger partial charge is 0.00818 e. The molecule has 1 fully saturated rings. The van der Waals surface area contributed by atoms with Crippen molar-refractivity contribution in [2.24, 2.45) is 11.8 Å². The second kappa shape index (κ2) is 5.88. The first-order chi connectivity index (χ1) is 8.56. The Morgan fingerprint density at radius 1 is 1.17 bits per heavy atom. The first-order valence-electron chi connectivity index (χ1n) is 7.36. The Morgan fingerprint density at radius 2 is 1.83 bits per heavy atom.